The van der Waals surface area contributed by atoms with E-state index in [4.69, 9.17) is 9.47 Å². The van der Waals surface area contributed by atoms with Crippen LogP contribution in [0.3, 0.4) is 0 Å². The lowest BCUT2D eigenvalue weighted by molar-refractivity contribution is -0.116. The lowest BCUT2D eigenvalue weighted by Crippen LogP contribution is -2.12. The second kappa shape index (κ2) is 8.38. The van der Waals surface area contributed by atoms with Crippen LogP contribution in [0.15, 0.2) is 30.5 Å². The molecule has 0 aliphatic carbocycles. The Morgan fingerprint density at radius 1 is 1.23 bits per heavy atom. The molecule has 0 unspecified atom stereocenters. The zero-order valence-electron chi connectivity index (χ0n) is 12.8. The van der Waals surface area contributed by atoms with Crippen LogP contribution in [0, 0.1) is 6.92 Å². The Balaban J connectivity index is 1.65. The Labute approximate surface area is 134 Å². The summed E-state index contributed by atoms with van der Waals surface area (Å²) in [6, 6.07) is 7.47. The number of carbonyl (C=O) groups is 1. The predicted molar refractivity (Wildman–Crippen MR) is 87.8 cm³/mol. The van der Waals surface area contributed by atoms with Crippen molar-refractivity contribution in [1.29, 1.82) is 0 Å². The lowest BCUT2D eigenvalue weighted by atomic mass is 10.3. The number of nitrogens with one attached hydrogen (secondary N) is 1. The Bertz CT molecular complexity index is 596. The van der Waals surface area contributed by atoms with E-state index in [2.05, 4.69) is 10.3 Å². The van der Waals surface area contributed by atoms with Gasteiger partial charge in [0.25, 0.3) is 0 Å². The summed E-state index contributed by atoms with van der Waals surface area (Å²) in [6.07, 6.45) is 2.81. The van der Waals surface area contributed by atoms with Crippen molar-refractivity contribution >= 4 is 22.4 Å². The van der Waals surface area contributed by atoms with Gasteiger partial charge in [-0.2, -0.15) is 0 Å². The van der Waals surface area contributed by atoms with Gasteiger partial charge in [0.05, 0.1) is 13.2 Å². The number of hydrogen-bond donors (Lipinski definition) is 1. The fraction of sp³-hybridized carbons (Fsp3) is 0.375. The molecule has 2 rings (SSSR count). The van der Waals surface area contributed by atoms with E-state index < -0.39 is 0 Å². The van der Waals surface area contributed by atoms with Gasteiger partial charge in [0.2, 0.25) is 5.91 Å². The Morgan fingerprint density at radius 3 is 2.50 bits per heavy atom. The van der Waals surface area contributed by atoms with E-state index in [9.17, 15) is 4.79 Å². The smallest absolute Gasteiger partial charge is 0.226 e. The number of thiazole rings is 1. The van der Waals surface area contributed by atoms with Crippen LogP contribution in [0.25, 0.3) is 0 Å². The molecule has 0 radical (unpaired) electrons. The van der Waals surface area contributed by atoms with Crippen LogP contribution in [-0.4, -0.2) is 24.1 Å². The number of benzene rings is 1. The van der Waals surface area contributed by atoms with Crippen molar-refractivity contribution in [2.75, 3.05) is 18.5 Å². The monoisotopic (exact) mass is 320 g/mol. The van der Waals surface area contributed by atoms with Crippen molar-refractivity contribution in [2.45, 2.75) is 26.7 Å². The van der Waals surface area contributed by atoms with Gasteiger partial charge in [0, 0.05) is 17.5 Å². The molecule has 0 fully saturated rings. The minimum Gasteiger partial charge on any atom is -0.494 e. The summed E-state index contributed by atoms with van der Waals surface area (Å²) in [5.74, 6) is 1.57. The van der Waals surface area contributed by atoms with E-state index in [1.54, 1.807) is 6.20 Å². The van der Waals surface area contributed by atoms with Crippen LogP contribution in [0.2, 0.25) is 0 Å². The van der Waals surface area contributed by atoms with Gasteiger partial charge < -0.3 is 14.8 Å². The molecule has 2 aromatic rings. The molecule has 0 aliphatic rings. The minimum absolute atomic E-state index is 0.0374. The first-order valence-corrected chi connectivity index (χ1v) is 8.07. The molecule has 0 spiro atoms. The van der Waals surface area contributed by atoms with Gasteiger partial charge in [-0.05, 0) is 44.5 Å². The van der Waals surface area contributed by atoms with Gasteiger partial charge in [-0.1, -0.05) is 0 Å². The summed E-state index contributed by atoms with van der Waals surface area (Å²) < 4.78 is 11.0. The Hall–Kier alpha value is -2.08. The molecular weight excluding hydrogens is 300 g/mol. The topological polar surface area (TPSA) is 60.5 Å². The molecule has 118 valence electrons. The third-order valence-corrected chi connectivity index (χ3v) is 3.65. The largest absolute Gasteiger partial charge is 0.494 e. The van der Waals surface area contributed by atoms with E-state index in [0.29, 0.717) is 31.2 Å². The summed E-state index contributed by atoms with van der Waals surface area (Å²) >= 11 is 1.47. The average Bonchev–Trinajstić information content (AvgIpc) is 2.91. The third-order valence-electron chi connectivity index (χ3n) is 2.82. The lowest BCUT2D eigenvalue weighted by Gasteiger charge is -2.07. The van der Waals surface area contributed by atoms with E-state index in [0.717, 1.165) is 16.4 Å². The second-order valence-electron chi connectivity index (χ2n) is 4.68. The van der Waals surface area contributed by atoms with Crippen LogP contribution in [-0.2, 0) is 4.79 Å². The molecule has 0 bridgehead atoms. The van der Waals surface area contributed by atoms with Crippen LogP contribution in [0.5, 0.6) is 11.5 Å². The maximum Gasteiger partial charge on any atom is 0.226 e. The van der Waals surface area contributed by atoms with Crippen molar-refractivity contribution in [3.05, 3.63) is 35.3 Å². The van der Waals surface area contributed by atoms with E-state index in [-0.39, 0.29) is 5.91 Å². The van der Waals surface area contributed by atoms with Gasteiger partial charge in [-0.3, -0.25) is 4.79 Å². The molecule has 0 saturated heterocycles. The van der Waals surface area contributed by atoms with Crippen LogP contribution in [0.1, 0.15) is 24.6 Å². The fourth-order valence-electron chi connectivity index (χ4n) is 1.82. The number of hydrogen-bond acceptors (Lipinski definition) is 5. The van der Waals surface area contributed by atoms with Crippen LogP contribution < -0.4 is 14.8 Å². The quantitative estimate of drug-likeness (QED) is 0.754. The Morgan fingerprint density at radius 2 is 1.91 bits per heavy atom. The number of anilines is 1. The molecule has 22 heavy (non-hydrogen) atoms. The number of aryl methyl sites for hydroxylation is 1. The van der Waals surface area contributed by atoms with Gasteiger partial charge in [-0.25, -0.2) is 4.98 Å². The summed E-state index contributed by atoms with van der Waals surface area (Å²) in [5, 5.41) is 3.43. The highest BCUT2D eigenvalue weighted by molar-refractivity contribution is 7.15. The van der Waals surface area contributed by atoms with Crippen molar-refractivity contribution in [3.8, 4) is 11.5 Å². The number of amides is 1. The van der Waals surface area contributed by atoms with E-state index in [1.165, 1.54) is 11.3 Å². The Kier molecular flexibility index (Phi) is 6.21. The first-order chi connectivity index (χ1) is 10.7. The molecule has 1 aromatic carbocycles. The van der Waals surface area contributed by atoms with Crippen molar-refractivity contribution < 1.29 is 14.3 Å². The number of rotatable bonds is 8. The van der Waals surface area contributed by atoms with Crippen LogP contribution in [0.4, 0.5) is 5.13 Å². The maximum absolute atomic E-state index is 11.7. The highest BCUT2D eigenvalue weighted by Gasteiger charge is 2.05. The van der Waals surface area contributed by atoms with Crippen molar-refractivity contribution in [3.63, 3.8) is 0 Å². The van der Waals surface area contributed by atoms with Gasteiger partial charge >= 0.3 is 0 Å². The summed E-state index contributed by atoms with van der Waals surface area (Å²) in [7, 11) is 0. The molecule has 5 nitrogen and oxygen atoms in total. The summed E-state index contributed by atoms with van der Waals surface area (Å²) in [5.41, 5.74) is 0. The summed E-state index contributed by atoms with van der Waals surface area (Å²) in [4.78, 5) is 16.9. The van der Waals surface area contributed by atoms with Crippen molar-refractivity contribution in [2.24, 2.45) is 0 Å². The zero-order chi connectivity index (χ0) is 15.8. The average molecular weight is 320 g/mol. The minimum atomic E-state index is -0.0374. The molecule has 1 aromatic heterocycles. The standard InChI is InChI=1S/C16H20N2O3S/c1-3-20-13-6-8-14(9-7-13)21-10-4-5-15(19)18-16-17-11-12(2)22-16/h6-9,11H,3-5,10H2,1-2H3,(H,17,18,19). The molecule has 0 aliphatic heterocycles. The molecule has 0 atom stereocenters. The molecule has 6 heteroatoms. The maximum atomic E-state index is 11.7. The second-order valence-corrected chi connectivity index (χ2v) is 5.92. The number of ether oxygens (including phenoxy) is 2. The zero-order valence-corrected chi connectivity index (χ0v) is 13.6. The van der Waals surface area contributed by atoms with E-state index in [1.807, 2.05) is 38.1 Å². The van der Waals surface area contributed by atoms with E-state index >= 15 is 0 Å². The first kappa shape index (κ1) is 16.3. The van der Waals surface area contributed by atoms with Gasteiger partial charge in [0.1, 0.15) is 11.5 Å². The molecule has 1 N–H and O–H groups in total. The highest BCUT2D eigenvalue weighted by Crippen LogP contribution is 2.18. The third kappa shape index (κ3) is 5.37. The number of aromatic nitrogens is 1. The van der Waals surface area contributed by atoms with Crippen molar-refractivity contribution in [1.82, 2.24) is 4.98 Å². The molecule has 1 amide bonds. The fourth-order valence-corrected chi connectivity index (χ4v) is 2.50. The number of carbonyl (C=O) groups excluding carboxylic acids is 1. The molecular formula is C16H20N2O3S. The van der Waals surface area contributed by atoms with Crippen LogP contribution >= 0.6 is 11.3 Å². The highest BCUT2D eigenvalue weighted by atomic mass is 32.1. The van der Waals surface area contributed by atoms with Gasteiger partial charge in [0.15, 0.2) is 5.13 Å². The van der Waals surface area contributed by atoms with Gasteiger partial charge in [-0.15, -0.1) is 11.3 Å². The number of nitrogens with zero attached hydrogens (tertiary/aromatic N) is 1. The summed E-state index contributed by atoms with van der Waals surface area (Å²) in [6.45, 7) is 5.05. The molecule has 0 saturated carbocycles. The predicted octanol–water partition coefficient (Wildman–Crippen LogP) is 3.65. The molecule has 1 heterocycles. The normalized spacial score (nSPS) is 10.3. The SMILES string of the molecule is CCOc1ccc(OCCCC(=O)Nc2ncc(C)s2)cc1. The first-order valence-electron chi connectivity index (χ1n) is 7.25.